The summed E-state index contributed by atoms with van der Waals surface area (Å²) in [7, 11) is 0. The van der Waals surface area contributed by atoms with Crippen LogP contribution in [0, 0.1) is 23.2 Å². The van der Waals surface area contributed by atoms with Gasteiger partial charge in [0.1, 0.15) is 0 Å². The Kier molecular flexibility index (Phi) is 5.25. The highest BCUT2D eigenvalue weighted by Crippen LogP contribution is 2.30. The summed E-state index contributed by atoms with van der Waals surface area (Å²) in [4.78, 5) is 0. The van der Waals surface area contributed by atoms with Crippen molar-refractivity contribution in [3.63, 3.8) is 0 Å². The van der Waals surface area contributed by atoms with Gasteiger partial charge in [0.25, 0.3) is 0 Å². The molecular formula is C16H23N3O. The van der Waals surface area contributed by atoms with Gasteiger partial charge in [-0.2, -0.15) is 5.26 Å². The van der Waals surface area contributed by atoms with Crippen LogP contribution in [0.1, 0.15) is 31.2 Å². The summed E-state index contributed by atoms with van der Waals surface area (Å²) >= 11 is 0. The largest absolute Gasteiger partial charge is 0.398 e. The second-order valence-corrected chi connectivity index (χ2v) is 5.62. The topological polar surface area (TPSA) is 82.1 Å². The predicted octanol–water partition coefficient (Wildman–Crippen LogP) is 2.55. The number of hydrogen-bond donors (Lipinski definition) is 3. The fraction of sp³-hybridized carbons (Fsp3) is 0.562. The van der Waals surface area contributed by atoms with Gasteiger partial charge in [-0.05, 0) is 48.4 Å². The number of anilines is 2. The molecule has 0 bridgehead atoms. The predicted molar refractivity (Wildman–Crippen MR) is 81.2 cm³/mol. The van der Waals surface area contributed by atoms with Gasteiger partial charge in [0.15, 0.2) is 0 Å². The molecule has 108 valence electrons. The molecular weight excluding hydrogens is 250 g/mol. The Balaban J connectivity index is 1.96. The molecule has 0 radical (unpaired) electrons. The van der Waals surface area contributed by atoms with E-state index >= 15 is 0 Å². The van der Waals surface area contributed by atoms with Crippen LogP contribution in [0.25, 0.3) is 0 Å². The molecule has 1 aromatic rings. The maximum Gasteiger partial charge on any atom is 0.0670 e. The number of nitrogen functional groups attached to an aromatic ring is 1. The molecule has 0 heterocycles. The van der Waals surface area contributed by atoms with Gasteiger partial charge in [0.2, 0.25) is 0 Å². The lowest BCUT2D eigenvalue weighted by molar-refractivity contribution is 0.141. The summed E-state index contributed by atoms with van der Waals surface area (Å²) in [6.45, 7) is 1.16. The van der Waals surface area contributed by atoms with E-state index in [0.29, 0.717) is 23.9 Å². The van der Waals surface area contributed by atoms with E-state index in [2.05, 4.69) is 11.4 Å². The first-order chi connectivity index (χ1) is 9.74. The second-order valence-electron chi connectivity index (χ2n) is 5.62. The molecule has 2 unspecified atom stereocenters. The molecule has 20 heavy (non-hydrogen) atoms. The molecule has 1 aromatic carbocycles. The molecule has 2 rings (SSSR count). The van der Waals surface area contributed by atoms with Crippen LogP contribution in [0.2, 0.25) is 0 Å². The fourth-order valence-electron chi connectivity index (χ4n) is 3.00. The third-order valence-electron chi connectivity index (χ3n) is 4.28. The fourth-order valence-corrected chi connectivity index (χ4v) is 3.00. The second kappa shape index (κ2) is 7.16. The number of rotatable bonds is 5. The molecule has 2 atom stereocenters. The summed E-state index contributed by atoms with van der Waals surface area (Å²) in [5, 5.41) is 21.6. The van der Waals surface area contributed by atoms with Crippen molar-refractivity contribution in [3.8, 4) is 6.07 Å². The molecule has 1 aliphatic carbocycles. The van der Waals surface area contributed by atoms with Gasteiger partial charge in [-0.1, -0.05) is 12.8 Å². The monoisotopic (exact) mass is 273 g/mol. The van der Waals surface area contributed by atoms with Gasteiger partial charge in [-0.15, -0.1) is 0 Å². The zero-order valence-electron chi connectivity index (χ0n) is 11.8. The number of aliphatic hydroxyl groups excluding tert-OH is 1. The number of nitrogens with zero attached hydrogens (tertiary/aromatic N) is 1. The van der Waals surface area contributed by atoms with E-state index in [1.54, 1.807) is 0 Å². The number of nitrogens with one attached hydrogen (secondary N) is 1. The van der Waals surface area contributed by atoms with Crippen LogP contribution in [0.3, 0.4) is 0 Å². The van der Waals surface area contributed by atoms with E-state index in [4.69, 9.17) is 11.0 Å². The van der Waals surface area contributed by atoms with Crippen molar-refractivity contribution in [2.75, 3.05) is 24.2 Å². The van der Waals surface area contributed by atoms with Gasteiger partial charge in [-0.3, -0.25) is 0 Å². The van der Waals surface area contributed by atoms with Crippen molar-refractivity contribution >= 4 is 11.4 Å². The van der Waals surface area contributed by atoms with Crippen LogP contribution in [-0.2, 0) is 6.42 Å². The maximum atomic E-state index is 9.43. The molecule has 0 aliphatic heterocycles. The summed E-state index contributed by atoms with van der Waals surface area (Å²) in [6, 6.07) is 7.88. The normalized spacial score (nSPS) is 22.2. The van der Waals surface area contributed by atoms with Gasteiger partial charge >= 0.3 is 0 Å². The van der Waals surface area contributed by atoms with Crippen molar-refractivity contribution in [2.24, 2.45) is 11.8 Å². The number of nitriles is 1. The molecule has 4 heteroatoms. The average molecular weight is 273 g/mol. The van der Waals surface area contributed by atoms with E-state index in [9.17, 15) is 5.11 Å². The Morgan fingerprint density at radius 3 is 2.75 bits per heavy atom. The lowest BCUT2D eigenvalue weighted by Gasteiger charge is -2.30. The minimum absolute atomic E-state index is 0.285. The molecule has 1 saturated carbocycles. The lowest BCUT2D eigenvalue weighted by atomic mass is 9.79. The van der Waals surface area contributed by atoms with Crippen molar-refractivity contribution < 1.29 is 5.11 Å². The Morgan fingerprint density at radius 1 is 1.30 bits per heavy atom. The number of nitrogens with two attached hydrogens (primary N) is 1. The lowest BCUT2D eigenvalue weighted by Crippen LogP contribution is -2.28. The van der Waals surface area contributed by atoms with Crippen LogP contribution < -0.4 is 11.1 Å². The van der Waals surface area contributed by atoms with Crippen molar-refractivity contribution in [3.05, 3.63) is 23.8 Å². The molecule has 1 aliphatic rings. The molecule has 4 nitrogen and oxygen atoms in total. The van der Waals surface area contributed by atoms with Crippen molar-refractivity contribution in [2.45, 2.75) is 32.1 Å². The molecule has 1 fully saturated rings. The molecule has 0 spiro atoms. The van der Waals surface area contributed by atoms with E-state index < -0.39 is 0 Å². The number of aliphatic hydroxyl groups is 1. The van der Waals surface area contributed by atoms with Crippen molar-refractivity contribution in [1.82, 2.24) is 0 Å². The minimum atomic E-state index is 0.285. The summed E-state index contributed by atoms with van der Waals surface area (Å²) < 4.78 is 0. The van der Waals surface area contributed by atoms with Crippen LogP contribution in [0.15, 0.2) is 18.2 Å². The van der Waals surface area contributed by atoms with Crippen molar-refractivity contribution in [1.29, 1.82) is 5.26 Å². The van der Waals surface area contributed by atoms with Gasteiger partial charge < -0.3 is 16.2 Å². The third kappa shape index (κ3) is 3.64. The molecule has 0 amide bonds. The highest BCUT2D eigenvalue weighted by atomic mass is 16.3. The van der Waals surface area contributed by atoms with Gasteiger partial charge in [-0.25, -0.2) is 0 Å². The maximum absolute atomic E-state index is 9.43. The molecule has 0 aromatic heterocycles. The quantitative estimate of drug-likeness (QED) is 0.720. The summed E-state index contributed by atoms with van der Waals surface area (Å²) in [5.41, 5.74) is 8.40. The summed E-state index contributed by atoms with van der Waals surface area (Å²) in [6.07, 6.45) is 5.13. The zero-order chi connectivity index (χ0) is 14.4. The number of hydrogen-bond acceptors (Lipinski definition) is 4. The first-order valence-electron chi connectivity index (χ1n) is 7.34. The highest BCUT2D eigenvalue weighted by Gasteiger charge is 2.24. The molecule has 4 N–H and O–H groups in total. The third-order valence-corrected chi connectivity index (χ3v) is 4.28. The van der Waals surface area contributed by atoms with Gasteiger partial charge in [0.05, 0.1) is 12.5 Å². The van der Waals surface area contributed by atoms with Gasteiger partial charge in [0, 0.05) is 24.5 Å². The van der Waals surface area contributed by atoms with E-state index in [-0.39, 0.29) is 6.61 Å². The Morgan fingerprint density at radius 2 is 2.05 bits per heavy atom. The SMILES string of the molecule is N#CCc1cc(NCC2CCCCC2CO)ccc1N. The zero-order valence-corrected chi connectivity index (χ0v) is 11.8. The minimum Gasteiger partial charge on any atom is -0.398 e. The van der Waals surface area contributed by atoms with Crippen LogP contribution in [0.5, 0.6) is 0 Å². The average Bonchev–Trinajstić information content (AvgIpc) is 2.48. The first kappa shape index (κ1) is 14.7. The Bertz CT molecular complexity index is 481. The van der Waals surface area contributed by atoms with E-state index in [1.807, 2.05) is 18.2 Å². The first-order valence-corrected chi connectivity index (χ1v) is 7.34. The van der Waals surface area contributed by atoms with Crippen LogP contribution in [-0.4, -0.2) is 18.3 Å². The van der Waals surface area contributed by atoms with Crippen LogP contribution in [0.4, 0.5) is 11.4 Å². The highest BCUT2D eigenvalue weighted by molar-refractivity contribution is 5.58. The summed E-state index contributed by atoms with van der Waals surface area (Å²) in [5.74, 6) is 0.953. The number of benzene rings is 1. The standard InChI is InChI=1S/C16H23N3O/c17-8-7-12-9-15(5-6-16(12)18)19-10-13-3-1-2-4-14(13)11-20/h5-6,9,13-14,19-20H,1-4,7,10-11,18H2. The molecule has 0 saturated heterocycles. The van der Waals surface area contributed by atoms with E-state index in [1.165, 1.54) is 19.3 Å². The van der Waals surface area contributed by atoms with E-state index in [0.717, 1.165) is 24.2 Å². The Labute approximate surface area is 120 Å². The van der Waals surface area contributed by atoms with Crippen LogP contribution >= 0.6 is 0 Å². The Hall–Kier alpha value is -1.73. The smallest absolute Gasteiger partial charge is 0.0670 e.